The molecule has 1 N–H and O–H groups in total. The maximum absolute atomic E-state index is 3.86. The molecule has 3 rings (SSSR count). The number of piperazine rings is 1. The summed E-state index contributed by atoms with van der Waals surface area (Å²) < 4.78 is 0. The monoisotopic (exact) mass is 250 g/mol. The van der Waals surface area contributed by atoms with E-state index in [4.69, 9.17) is 0 Å². The van der Waals surface area contributed by atoms with Crippen LogP contribution in [-0.4, -0.2) is 36.1 Å². The Hall–Kier alpha value is -0.0800. The molecular formula is C16H30N2. The highest BCUT2D eigenvalue weighted by Gasteiger charge is 2.45. The lowest BCUT2D eigenvalue weighted by molar-refractivity contribution is 0.0712. The van der Waals surface area contributed by atoms with Gasteiger partial charge in [-0.3, -0.25) is 4.90 Å². The van der Waals surface area contributed by atoms with E-state index in [-0.39, 0.29) is 0 Å². The number of nitrogens with one attached hydrogen (secondary N) is 1. The van der Waals surface area contributed by atoms with E-state index in [9.17, 15) is 0 Å². The quantitative estimate of drug-likeness (QED) is 0.779. The van der Waals surface area contributed by atoms with Crippen molar-refractivity contribution >= 4 is 0 Å². The molecule has 2 unspecified atom stereocenters. The zero-order valence-electron chi connectivity index (χ0n) is 12.3. The van der Waals surface area contributed by atoms with Gasteiger partial charge in [-0.1, -0.05) is 19.8 Å². The van der Waals surface area contributed by atoms with E-state index >= 15 is 0 Å². The zero-order valence-corrected chi connectivity index (χ0v) is 12.3. The Labute approximate surface area is 113 Å². The van der Waals surface area contributed by atoms with Gasteiger partial charge in [-0.15, -0.1) is 0 Å². The van der Waals surface area contributed by atoms with Crippen molar-refractivity contribution in [1.82, 2.24) is 10.2 Å². The van der Waals surface area contributed by atoms with E-state index in [0.29, 0.717) is 5.54 Å². The first-order chi connectivity index (χ1) is 8.71. The summed E-state index contributed by atoms with van der Waals surface area (Å²) in [5.41, 5.74) is 0.422. The van der Waals surface area contributed by atoms with E-state index in [1.807, 2.05) is 0 Å². The summed E-state index contributed by atoms with van der Waals surface area (Å²) in [7, 11) is 0. The zero-order chi connectivity index (χ0) is 12.6. The molecule has 1 aliphatic heterocycles. The highest BCUT2D eigenvalue weighted by Crippen LogP contribution is 2.41. The highest BCUT2D eigenvalue weighted by molar-refractivity contribution is 5.03. The SMILES string of the molecule is CCC1CNC(C)(C2CC2)CN1CCCC1CC1. The molecule has 2 aliphatic carbocycles. The predicted octanol–water partition coefficient (Wildman–Crippen LogP) is 3.03. The van der Waals surface area contributed by atoms with Crippen LogP contribution in [0.5, 0.6) is 0 Å². The molecule has 2 heteroatoms. The minimum atomic E-state index is 0.422. The number of hydrogen-bond acceptors (Lipinski definition) is 2. The first-order valence-corrected chi connectivity index (χ1v) is 8.20. The Kier molecular flexibility index (Phi) is 3.68. The average molecular weight is 250 g/mol. The van der Waals surface area contributed by atoms with Crippen molar-refractivity contribution in [1.29, 1.82) is 0 Å². The second-order valence-corrected chi connectivity index (χ2v) is 7.19. The van der Waals surface area contributed by atoms with Crippen molar-refractivity contribution in [2.45, 2.75) is 70.4 Å². The summed E-state index contributed by atoms with van der Waals surface area (Å²) in [5, 5.41) is 3.86. The summed E-state index contributed by atoms with van der Waals surface area (Å²) in [6.07, 6.45) is 10.2. The first kappa shape index (κ1) is 12.9. The van der Waals surface area contributed by atoms with E-state index in [1.165, 1.54) is 64.6 Å². The van der Waals surface area contributed by atoms with Gasteiger partial charge in [-0.2, -0.15) is 0 Å². The standard InChI is InChI=1S/C16H30N2/c1-3-15-11-17-16(2,14-8-9-14)12-18(15)10-4-5-13-6-7-13/h13-15,17H,3-12H2,1-2H3. The van der Waals surface area contributed by atoms with E-state index < -0.39 is 0 Å². The van der Waals surface area contributed by atoms with Crippen molar-refractivity contribution in [3.63, 3.8) is 0 Å². The fraction of sp³-hybridized carbons (Fsp3) is 1.00. The van der Waals surface area contributed by atoms with E-state index in [1.54, 1.807) is 0 Å². The van der Waals surface area contributed by atoms with Crippen LogP contribution < -0.4 is 5.32 Å². The Bertz CT molecular complexity index is 283. The molecule has 2 saturated carbocycles. The van der Waals surface area contributed by atoms with Crippen LogP contribution in [0.4, 0.5) is 0 Å². The van der Waals surface area contributed by atoms with Gasteiger partial charge in [0.15, 0.2) is 0 Å². The third-order valence-electron chi connectivity index (χ3n) is 5.49. The van der Waals surface area contributed by atoms with Crippen LogP contribution in [0.1, 0.15) is 58.8 Å². The predicted molar refractivity (Wildman–Crippen MR) is 76.7 cm³/mol. The van der Waals surface area contributed by atoms with Gasteiger partial charge in [-0.25, -0.2) is 0 Å². The smallest absolute Gasteiger partial charge is 0.0309 e. The van der Waals surface area contributed by atoms with Crippen molar-refractivity contribution in [2.75, 3.05) is 19.6 Å². The average Bonchev–Trinajstić information content (AvgIpc) is 3.22. The van der Waals surface area contributed by atoms with Crippen LogP contribution in [0.2, 0.25) is 0 Å². The molecule has 18 heavy (non-hydrogen) atoms. The first-order valence-electron chi connectivity index (χ1n) is 8.20. The summed E-state index contributed by atoms with van der Waals surface area (Å²) >= 11 is 0. The molecule has 0 aromatic rings. The largest absolute Gasteiger partial charge is 0.308 e. The van der Waals surface area contributed by atoms with Gasteiger partial charge in [0.25, 0.3) is 0 Å². The third kappa shape index (κ3) is 2.91. The van der Waals surface area contributed by atoms with Gasteiger partial charge in [0.1, 0.15) is 0 Å². The minimum Gasteiger partial charge on any atom is -0.308 e. The molecule has 1 heterocycles. The second-order valence-electron chi connectivity index (χ2n) is 7.19. The fourth-order valence-electron chi connectivity index (χ4n) is 3.73. The van der Waals surface area contributed by atoms with Crippen LogP contribution in [0.3, 0.4) is 0 Å². The topological polar surface area (TPSA) is 15.3 Å². The maximum Gasteiger partial charge on any atom is 0.0309 e. The van der Waals surface area contributed by atoms with Gasteiger partial charge >= 0.3 is 0 Å². The Morgan fingerprint density at radius 3 is 2.61 bits per heavy atom. The number of nitrogens with zero attached hydrogens (tertiary/aromatic N) is 1. The molecular weight excluding hydrogens is 220 g/mol. The minimum absolute atomic E-state index is 0.422. The summed E-state index contributed by atoms with van der Waals surface area (Å²) in [5.74, 6) is 2.06. The van der Waals surface area contributed by atoms with Crippen molar-refractivity contribution in [2.24, 2.45) is 11.8 Å². The van der Waals surface area contributed by atoms with Gasteiger partial charge in [-0.05, 0) is 57.4 Å². The number of hydrogen-bond donors (Lipinski definition) is 1. The molecule has 0 radical (unpaired) electrons. The number of rotatable bonds is 6. The molecule has 104 valence electrons. The van der Waals surface area contributed by atoms with Gasteiger partial charge in [0, 0.05) is 24.7 Å². The molecule has 1 saturated heterocycles. The Morgan fingerprint density at radius 1 is 1.22 bits per heavy atom. The van der Waals surface area contributed by atoms with E-state index in [2.05, 4.69) is 24.1 Å². The fourth-order valence-corrected chi connectivity index (χ4v) is 3.73. The lowest BCUT2D eigenvalue weighted by atomic mass is 9.90. The summed E-state index contributed by atoms with van der Waals surface area (Å²) in [6.45, 7) is 8.66. The molecule has 0 aromatic carbocycles. The molecule has 3 fully saturated rings. The van der Waals surface area contributed by atoms with Crippen LogP contribution in [0, 0.1) is 11.8 Å². The Morgan fingerprint density at radius 2 is 2.00 bits per heavy atom. The van der Waals surface area contributed by atoms with Crippen LogP contribution in [-0.2, 0) is 0 Å². The third-order valence-corrected chi connectivity index (χ3v) is 5.49. The van der Waals surface area contributed by atoms with Crippen LogP contribution >= 0.6 is 0 Å². The van der Waals surface area contributed by atoms with Gasteiger partial charge in [0.05, 0.1) is 0 Å². The molecule has 0 aromatic heterocycles. The molecule has 3 aliphatic rings. The second kappa shape index (κ2) is 5.13. The molecule has 0 spiro atoms. The van der Waals surface area contributed by atoms with Crippen LogP contribution in [0.15, 0.2) is 0 Å². The Balaban J connectivity index is 1.52. The lowest BCUT2D eigenvalue weighted by Gasteiger charge is -2.46. The van der Waals surface area contributed by atoms with E-state index in [0.717, 1.165) is 17.9 Å². The van der Waals surface area contributed by atoms with Gasteiger partial charge in [0.2, 0.25) is 0 Å². The highest BCUT2D eigenvalue weighted by atomic mass is 15.3. The molecule has 0 amide bonds. The van der Waals surface area contributed by atoms with Gasteiger partial charge < -0.3 is 5.32 Å². The summed E-state index contributed by atoms with van der Waals surface area (Å²) in [6, 6.07) is 0.788. The molecule has 2 nitrogen and oxygen atoms in total. The van der Waals surface area contributed by atoms with Crippen molar-refractivity contribution in [3.05, 3.63) is 0 Å². The summed E-state index contributed by atoms with van der Waals surface area (Å²) in [4.78, 5) is 2.80. The molecule has 0 bridgehead atoms. The molecule has 2 atom stereocenters. The van der Waals surface area contributed by atoms with Crippen molar-refractivity contribution in [3.8, 4) is 0 Å². The van der Waals surface area contributed by atoms with Crippen LogP contribution in [0.25, 0.3) is 0 Å². The lowest BCUT2D eigenvalue weighted by Crippen LogP contribution is -2.63. The normalized spacial score (nSPS) is 38.0. The maximum atomic E-state index is 3.86. The van der Waals surface area contributed by atoms with Crippen molar-refractivity contribution < 1.29 is 0 Å².